The van der Waals surface area contributed by atoms with Crippen LogP contribution >= 0.6 is 11.6 Å². The van der Waals surface area contributed by atoms with E-state index in [1.54, 1.807) is 0 Å². The Balaban J connectivity index is 1.44. The second-order valence-corrected chi connectivity index (χ2v) is 12.0. The number of fused-ring (bicyclic) bond motifs is 1. The highest BCUT2D eigenvalue weighted by molar-refractivity contribution is 6.30. The summed E-state index contributed by atoms with van der Waals surface area (Å²) in [5.41, 5.74) is 4.16. The predicted octanol–water partition coefficient (Wildman–Crippen LogP) is 6.56. The Bertz CT molecular complexity index is 1130. The number of rotatable bonds is 8. The minimum Gasteiger partial charge on any atom is -0.481 e. The molecule has 2 N–H and O–H groups in total. The van der Waals surface area contributed by atoms with Gasteiger partial charge in [0.05, 0.1) is 29.0 Å². The number of carboxylic acids is 1. The summed E-state index contributed by atoms with van der Waals surface area (Å²) in [7, 11) is 0. The number of aliphatic carboxylic acids is 1. The maximum atomic E-state index is 15.3. The number of alkyl halides is 1. The molecule has 0 radical (unpaired) electrons. The third-order valence-electron chi connectivity index (χ3n) is 8.94. The Morgan fingerprint density at radius 2 is 1.79 bits per heavy atom. The van der Waals surface area contributed by atoms with E-state index in [4.69, 9.17) is 21.8 Å². The molecule has 1 amide bonds. The quantitative estimate of drug-likeness (QED) is 0.395. The molecule has 1 aromatic heterocycles. The summed E-state index contributed by atoms with van der Waals surface area (Å²) in [6, 6.07) is 7.09. The number of nitrogens with one attached hydrogen (secondary N) is 1. The summed E-state index contributed by atoms with van der Waals surface area (Å²) in [5.74, 6) is -1.05. The highest BCUT2D eigenvalue weighted by Crippen LogP contribution is 2.41. The number of halogens is 2. The van der Waals surface area contributed by atoms with Crippen LogP contribution in [0.25, 0.3) is 5.69 Å². The Morgan fingerprint density at radius 1 is 1.05 bits per heavy atom. The number of amides is 1. The molecule has 2 fully saturated rings. The first-order chi connectivity index (χ1) is 18.4. The van der Waals surface area contributed by atoms with Gasteiger partial charge in [0.2, 0.25) is 5.91 Å². The van der Waals surface area contributed by atoms with Crippen molar-refractivity contribution in [3.05, 3.63) is 46.2 Å². The van der Waals surface area contributed by atoms with Crippen LogP contribution in [-0.4, -0.2) is 39.0 Å². The fourth-order valence-corrected chi connectivity index (χ4v) is 7.05. The van der Waals surface area contributed by atoms with E-state index in [9.17, 15) is 9.59 Å². The molecule has 3 aliphatic rings. The van der Waals surface area contributed by atoms with E-state index in [-0.39, 0.29) is 30.1 Å². The summed E-state index contributed by atoms with van der Waals surface area (Å²) >= 11 is 6.18. The molecule has 0 bridgehead atoms. The molecule has 1 heterocycles. The molecular weight excluding hydrogens is 505 g/mol. The van der Waals surface area contributed by atoms with Crippen molar-refractivity contribution in [1.29, 1.82) is 0 Å². The van der Waals surface area contributed by atoms with E-state index in [1.165, 1.54) is 12.0 Å². The lowest BCUT2D eigenvalue weighted by atomic mass is 9.75. The smallest absolute Gasteiger partial charge is 0.303 e. The molecule has 38 heavy (non-hydrogen) atoms. The van der Waals surface area contributed by atoms with Crippen LogP contribution in [0.1, 0.15) is 99.9 Å². The lowest BCUT2D eigenvalue weighted by Crippen LogP contribution is -2.48. The van der Waals surface area contributed by atoms with Gasteiger partial charge in [-0.15, -0.1) is 0 Å². The Morgan fingerprint density at radius 3 is 2.50 bits per heavy atom. The number of nitrogens with zero attached hydrogens (tertiary/aromatic N) is 2. The highest BCUT2D eigenvalue weighted by atomic mass is 35.5. The first-order valence-corrected chi connectivity index (χ1v) is 14.8. The van der Waals surface area contributed by atoms with Crippen molar-refractivity contribution in [3.63, 3.8) is 0 Å². The summed E-state index contributed by atoms with van der Waals surface area (Å²) < 4.78 is 17.3. The molecule has 0 spiro atoms. The largest absolute Gasteiger partial charge is 0.481 e. The van der Waals surface area contributed by atoms with Crippen molar-refractivity contribution >= 4 is 23.5 Å². The van der Waals surface area contributed by atoms with Crippen LogP contribution in [0.4, 0.5) is 4.39 Å². The van der Waals surface area contributed by atoms with Crippen molar-refractivity contribution in [2.45, 2.75) is 108 Å². The molecule has 8 heteroatoms. The lowest BCUT2D eigenvalue weighted by Gasteiger charge is -2.35. The molecule has 206 valence electrons. The maximum Gasteiger partial charge on any atom is 0.303 e. The number of carboxylic acid groups (broad SMARTS) is 1. The van der Waals surface area contributed by atoms with Gasteiger partial charge in [-0.1, -0.05) is 30.9 Å². The topological polar surface area (TPSA) is 84.2 Å². The van der Waals surface area contributed by atoms with E-state index in [0.29, 0.717) is 24.3 Å². The van der Waals surface area contributed by atoms with Gasteiger partial charge in [0.25, 0.3) is 0 Å². The van der Waals surface area contributed by atoms with E-state index in [2.05, 4.69) is 5.32 Å². The summed E-state index contributed by atoms with van der Waals surface area (Å²) in [4.78, 5) is 25.1. The van der Waals surface area contributed by atoms with Gasteiger partial charge in [0, 0.05) is 11.4 Å². The Kier molecular flexibility index (Phi) is 8.71. The molecule has 2 saturated carbocycles. The van der Waals surface area contributed by atoms with Gasteiger partial charge in [-0.2, -0.15) is 5.10 Å². The van der Waals surface area contributed by atoms with E-state index in [1.807, 2.05) is 28.9 Å². The van der Waals surface area contributed by atoms with Crippen molar-refractivity contribution in [1.82, 2.24) is 15.1 Å². The fraction of sp³-hybridized carbons (Fsp3) is 0.633. The van der Waals surface area contributed by atoms with Crippen LogP contribution in [0, 0.1) is 11.8 Å². The summed E-state index contributed by atoms with van der Waals surface area (Å²) in [6.07, 6.45) is 10.4. The van der Waals surface area contributed by atoms with Crippen molar-refractivity contribution in [2.75, 3.05) is 0 Å². The first-order valence-electron chi connectivity index (χ1n) is 14.4. The first kappa shape index (κ1) is 27.2. The lowest BCUT2D eigenvalue weighted by molar-refractivity contribution is -0.137. The highest BCUT2D eigenvalue weighted by Gasteiger charge is 2.40. The van der Waals surface area contributed by atoms with Crippen LogP contribution in [0.3, 0.4) is 0 Å². The van der Waals surface area contributed by atoms with Crippen LogP contribution < -0.4 is 5.32 Å². The standard InChI is InChI=1S/C30H39ClFN3O3/c31-21-12-14-22(15-13-21)35-29(23-8-4-5-9-25(23)34-35)28(20-6-2-1-3-7-20)30(38)33-26-16-10-19(18-24(26)32)11-17-27(36)37/h12-15,19-20,24,26,28H,1-11,16-18H2,(H,33,38)(H,36,37). The van der Waals surface area contributed by atoms with Crippen LogP contribution in [0.15, 0.2) is 24.3 Å². The van der Waals surface area contributed by atoms with Gasteiger partial charge in [0.15, 0.2) is 0 Å². The summed E-state index contributed by atoms with van der Waals surface area (Å²) in [6.45, 7) is 0. The number of carbonyl (C=O) groups is 2. The van der Waals surface area contributed by atoms with Gasteiger partial charge in [-0.3, -0.25) is 9.59 Å². The number of hydrogen-bond donors (Lipinski definition) is 2. The van der Waals surface area contributed by atoms with E-state index < -0.39 is 18.2 Å². The maximum absolute atomic E-state index is 15.3. The van der Waals surface area contributed by atoms with Gasteiger partial charge in [-0.25, -0.2) is 9.07 Å². The minimum atomic E-state index is -1.16. The number of benzene rings is 1. The molecule has 5 rings (SSSR count). The van der Waals surface area contributed by atoms with E-state index >= 15 is 4.39 Å². The van der Waals surface area contributed by atoms with Gasteiger partial charge in [-0.05, 0) is 106 Å². The Hall–Kier alpha value is -2.41. The van der Waals surface area contributed by atoms with Crippen molar-refractivity contribution in [2.24, 2.45) is 11.8 Å². The summed E-state index contributed by atoms with van der Waals surface area (Å²) in [5, 5.41) is 17.8. The second kappa shape index (κ2) is 12.2. The van der Waals surface area contributed by atoms with Crippen LogP contribution in [0.5, 0.6) is 0 Å². The molecule has 1 aromatic carbocycles. The number of aromatic nitrogens is 2. The zero-order chi connectivity index (χ0) is 26.6. The molecule has 6 nitrogen and oxygen atoms in total. The Labute approximate surface area is 229 Å². The molecule has 2 aromatic rings. The average molecular weight is 544 g/mol. The number of aryl methyl sites for hydroxylation is 1. The normalized spacial score (nSPS) is 24.9. The van der Waals surface area contributed by atoms with Crippen LogP contribution in [-0.2, 0) is 22.4 Å². The average Bonchev–Trinajstić information content (AvgIpc) is 3.29. The second-order valence-electron chi connectivity index (χ2n) is 11.5. The fourth-order valence-electron chi connectivity index (χ4n) is 6.93. The molecule has 4 atom stereocenters. The zero-order valence-corrected chi connectivity index (χ0v) is 22.8. The van der Waals surface area contributed by atoms with Gasteiger partial charge >= 0.3 is 5.97 Å². The SMILES string of the molecule is O=C(O)CCC1CCC(NC(=O)C(c2c3c(nn2-c2ccc(Cl)cc2)CCCC3)C2CCCCC2)C(F)C1. The van der Waals surface area contributed by atoms with Crippen molar-refractivity contribution in [3.8, 4) is 5.69 Å². The molecule has 4 unspecified atom stereocenters. The molecule has 0 saturated heterocycles. The third kappa shape index (κ3) is 6.08. The van der Waals surface area contributed by atoms with Gasteiger partial charge in [0.1, 0.15) is 6.17 Å². The number of carbonyl (C=O) groups excluding carboxylic acids is 1. The van der Waals surface area contributed by atoms with Crippen molar-refractivity contribution < 1.29 is 19.1 Å². The molecule has 3 aliphatic carbocycles. The molecule has 0 aliphatic heterocycles. The zero-order valence-electron chi connectivity index (χ0n) is 22.0. The minimum absolute atomic E-state index is 0.0572. The van der Waals surface area contributed by atoms with Crippen LogP contribution in [0.2, 0.25) is 5.02 Å². The number of hydrogen-bond acceptors (Lipinski definition) is 3. The third-order valence-corrected chi connectivity index (χ3v) is 9.19. The predicted molar refractivity (Wildman–Crippen MR) is 146 cm³/mol. The van der Waals surface area contributed by atoms with E-state index in [0.717, 1.165) is 74.9 Å². The monoisotopic (exact) mass is 543 g/mol. The van der Waals surface area contributed by atoms with Gasteiger partial charge < -0.3 is 10.4 Å². The molecular formula is C30H39ClFN3O3.